The molecule has 1 atom stereocenters. The molecule has 1 unspecified atom stereocenters. The summed E-state index contributed by atoms with van der Waals surface area (Å²) >= 11 is 5.71. The molecular formula is C33H19BrS. The summed E-state index contributed by atoms with van der Waals surface area (Å²) in [6, 6.07) is 38.5. The molecule has 0 nitrogen and oxygen atoms in total. The van der Waals surface area contributed by atoms with Crippen molar-refractivity contribution in [3.05, 3.63) is 141 Å². The van der Waals surface area contributed by atoms with E-state index >= 15 is 0 Å². The number of thiophene rings is 1. The summed E-state index contributed by atoms with van der Waals surface area (Å²) in [5, 5.41) is 2.69. The van der Waals surface area contributed by atoms with Crippen LogP contribution in [0.4, 0.5) is 0 Å². The summed E-state index contributed by atoms with van der Waals surface area (Å²) in [7, 11) is 0. The summed E-state index contributed by atoms with van der Waals surface area (Å²) in [6.45, 7) is 0. The molecule has 2 heteroatoms. The van der Waals surface area contributed by atoms with Gasteiger partial charge in [-0.1, -0.05) is 101 Å². The fraction of sp³-hybridized carbons (Fsp3) is 0.0303. The second kappa shape index (κ2) is 7.04. The molecule has 1 spiro atoms. The minimum atomic E-state index is -0.387. The minimum absolute atomic E-state index is 0.387. The third-order valence-corrected chi connectivity index (χ3v) is 9.40. The monoisotopic (exact) mass is 526 g/mol. The van der Waals surface area contributed by atoms with Gasteiger partial charge in [0.1, 0.15) is 0 Å². The van der Waals surface area contributed by atoms with Crippen molar-refractivity contribution < 1.29 is 0 Å². The normalized spacial score (nSPS) is 17.3. The molecule has 1 heterocycles. The number of benzene rings is 5. The SMILES string of the molecule is Brc1ccc2c(c1)C1(c3ccccc3C=C2)c2ccccc2-c2cc3sc4ccccc4c3cc21. The molecule has 35 heavy (non-hydrogen) atoms. The Labute approximate surface area is 216 Å². The van der Waals surface area contributed by atoms with Crippen LogP contribution in [-0.4, -0.2) is 0 Å². The average Bonchev–Trinajstić information content (AvgIpc) is 3.35. The van der Waals surface area contributed by atoms with E-state index in [0.717, 1.165) is 4.47 Å². The van der Waals surface area contributed by atoms with Crippen molar-refractivity contribution >= 4 is 59.6 Å². The van der Waals surface area contributed by atoms with Crippen LogP contribution in [0.1, 0.15) is 33.4 Å². The summed E-state index contributed by atoms with van der Waals surface area (Å²) < 4.78 is 3.81. The largest absolute Gasteiger partial charge is 0.135 e. The van der Waals surface area contributed by atoms with Gasteiger partial charge in [-0.05, 0) is 74.8 Å². The Balaban J connectivity index is 1.63. The van der Waals surface area contributed by atoms with Crippen LogP contribution in [0.2, 0.25) is 0 Å². The van der Waals surface area contributed by atoms with Gasteiger partial charge in [0.15, 0.2) is 0 Å². The highest BCUT2D eigenvalue weighted by atomic mass is 79.9. The second-order valence-corrected chi connectivity index (χ2v) is 11.4. The Morgan fingerprint density at radius 3 is 2.17 bits per heavy atom. The molecule has 5 aromatic carbocycles. The van der Waals surface area contributed by atoms with E-state index in [0.29, 0.717) is 0 Å². The van der Waals surface area contributed by atoms with E-state index in [9.17, 15) is 0 Å². The molecule has 0 amide bonds. The lowest BCUT2D eigenvalue weighted by molar-refractivity contribution is 0.767. The maximum Gasteiger partial charge on any atom is 0.0725 e. The highest BCUT2D eigenvalue weighted by molar-refractivity contribution is 9.10. The van der Waals surface area contributed by atoms with Crippen molar-refractivity contribution in [2.45, 2.75) is 5.41 Å². The molecule has 2 aliphatic carbocycles. The molecule has 0 N–H and O–H groups in total. The molecule has 164 valence electrons. The van der Waals surface area contributed by atoms with Crippen molar-refractivity contribution in [1.29, 1.82) is 0 Å². The Kier molecular flexibility index (Phi) is 3.98. The average molecular weight is 527 g/mol. The molecule has 1 aromatic heterocycles. The fourth-order valence-corrected chi connectivity index (χ4v) is 7.87. The lowest BCUT2D eigenvalue weighted by atomic mass is 9.66. The number of hydrogen-bond donors (Lipinski definition) is 0. The van der Waals surface area contributed by atoms with Gasteiger partial charge in [-0.3, -0.25) is 0 Å². The van der Waals surface area contributed by atoms with E-state index in [1.54, 1.807) is 0 Å². The smallest absolute Gasteiger partial charge is 0.0725 e. The van der Waals surface area contributed by atoms with Crippen LogP contribution >= 0.6 is 27.3 Å². The maximum atomic E-state index is 3.81. The number of hydrogen-bond acceptors (Lipinski definition) is 1. The van der Waals surface area contributed by atoms with E-state index in [4.69, 9.17) is 0 Å². The zero-order valence-electron chi connectivity index (χ0n) is 18.8. The van der Waals surface area contributed by atoms with Crippen molar-refractivity contribution in [1.82, 2.24) is 0 Å². The number of halogens is 1. The van der Waals surface area contributed by atoms with Crippen LogP contribution in [0, 0.1) is 0 Å². The van der Waals surface area contributed by atoms with Gasteiger partial charge in [0.2, 0.25) is 0 Å². The van der Waals surface area contributed by atoms with Crippen LogP contribution in [0.5, 0.6) is 0 Å². The van der Waals surface area contributed by atoms with Crippen LogP contribution in [0.25, 0.3) is 43.5 Å². The van der Waals surface area contributed by atoms with Gasteiger partial charge in [0, 0.05) is 24.6 Å². The quantitative estimate of drug-likeness (QED) is 0.184. The van der Waals surface area contributed by atoms with Gasteiger partial charge in [0.25, 0.3) is 0 Å². The zero-order chi connectivity index (χ0) is 23.1. The highest BCUT2D eigenvalue weighted by Crippen LogP contribution is 2.59. The second-order valence-electron chi connectivity index (χ2n) is 9.44. The first-order chi connectivity index (χ1) is 17.2. The van der Waals surface area contributed by atoms with Crippen LogP contribution in [-0.2, 0) is 5.41 Å². The molecular weight excluding hydrogens is 508 g/mol. The Bertz CT molecular complexity index is 1870. The van der Waals surface area contributed by atoms with E-state index < -0.39 is 0 Å². The first kappa shape index (κ1) is 19.8. The van der Waals surface area contributed by atoms with E-state index in [2.05, 4.69) is 131 Å². The minimum Gasteiger partial charge on any atom is -0.135 e. The molecule has 0 bridgehead atoms. The summed E-state index contributed by atoms with van der Waals surface area (Å²) in [5.74, 6) is 0. The molecule has 2 aliphatic rings. The first-order valence-corrected chi connectivity index (χ1v) is 13.5. The topological polar surface area (TPSA) is 0 Å². The third kappa shape index (κ3) is 2.51. The third-order valence-electron chi connectivity index (χ3n) is 7.77. The lowest BCUT2D eigenvalue weighted by Crippen LogP contribution is -2.30. The Morgan fingerprint density at radius 1 is 0.514 bits per heavy atom. The van der Waals surface area contributed by atoms with Gasteiger partial charge in [-0.2, -0.15) is 0 Å². The van der Waals surface area contributed by atoms with Crippen molar-refractivity contribution in [3.63, 3.8) is 0 Å². The predicted molar refractivity (Wildman–Crippen MR) is 153 cm³/mol. The molecule has 0 fully saturated rings. The van der Waals surface area contributed by atoms with Crippen LogP contribution < -0.4 is 0 Å². The Hall–Kier alpha value is -3.46. The highest BCUT2D eigenvalue weighted by Gasteiger charge is 2.48. The Morgan fingerprint density at radius 2 is 1.26 bits per heavy atom. The van der Waals surface area contributed by atoms with Crippen molar-refractivity contribution in [2.24, 2.45) is 0 Å². The van der Waals surface area contributed by atoms with Crippen LogP contribution in [0.15, 0.2) is 108 Å². The molecule has 0 saturated carbocycles. The van der Waals surface area contributed by atoms with E-state index in [-0.39, 0.29) is 5.41 Å². The standard InChI is InChI=1S/C33H19BrS/c34-22-16-15-21-14-13-20-7-1-4-10-27(20)33(29(21)17-22)28-11-5-2-8-23(28)25-19-32-26(18-30(25)33)24-9-3-6-12-31(24)35-32/h1-19H. The number of fused-ring (bicyclic) bond motifs is 12. The van der Waals surface area contributed by atoms with Gasteiger partial charge < -0.3 is 0 Å². The van der Waals surface area contributed by atoms with Gasteiger partial charge >= 0.3 is 0 Å². The first-order valence-electron chi connectivity index (χ1n) is 11.9. The summed E-state index contributed by atoms with van der Waals surface area (Å²) in [6.07, 6.45) is 4.57. The predicted octanol–water partition coefficient (Wildman–Crippen LogP) is 9.66. The fourth-order valence-electron chi connectivity index (χ4n) is 6.38. The lowest BCUT2D eigenvalue weighted by Gasteiger charge is -2.35. The number of rotatable bonds is 0. The van der Waals surface area contributed by atoms with Gasteiger partial charge in [-0.25, -0.2) is 0 Å². The van der Waals surface area contributed by atoms with Gasteiger partial charge in [-0.15, -0.1) is 11.3 Å². The molecule has 0 aliphatic heterocycles. The maximum absolute atomic E-state index is 3.81. The van der Waals surface area contributed by atoms with Crippen LogP contribution in [0.3, 0.4) is 0 Å². The van der Waals surface area contributed by atoms with Crippen molar-refractivity contribution in [2.75, 3.05) is 0 Å². The van der Waals surface area contributed by atoms with E-state index in [1.165, 1.54) is 64.7 Å². The molecule has 8 rings (SSSR count). The zero-order valence-corrected chi connectivity index (χ0v) is 21.2. The molecule has 0 saturated heterocycles. The van der Waals surface area contributed by atoms with E-state index in [1.807, 2.05) is 11.3 Å². The summed E-state index contributed by atoms with van der Waals surface area (Å²) in [5.41, 5.74) is 10.3. The van der Waals surface area contributed by atoms with Crippen molar-refractivity contribution in [3.8, 4) is 11.1 Å². The van der Waals surface area contributed by atoms with Gasteiger partial charge in [0.05, 0.1) is 5.41 Å². The molecule has 6 aromatic rings. The summed E-state index contributed by atoms with van der Waals surface area (Å²) in [4.78, 5) is 0. The molecule has 0 radical (unpaired) electrons.